The molecule has 2 N–H and O–H groups in total. The molecule has 0 saturated heterocycles. The predicted molar refractivity (Wildman–Crippen MR) is 104 cm³/mol. The van der Waals surface area contributed by atoms with E-state index in [-0.39, 0.29) is 17.2 Å². The Morgan fingerprint density at radius 2 is 1.93 bits per heavy atom. The van der Waals surface area contributed by atoms with E-state index in [4.69, 9.17) is 0 Å². The van der Waals surface area contributed by atoms with Crippen molar-refractivity contribution in [3.8, 4) is 0 Å². The first-order valence-electron chi connectivity index (χ1n) is 9.21. The molecule has 0 bridgehead atoms. The van der Waals surface area contributed by atoms with Crippen LogP contribution in [0.2, 0.25) is 0 Å². The Balaban J connectivity index is 2.17. The van der Waals surface area contributed by atoms with E-state index in [0.717, 1.165) is 6.42 Å². The van der Waals surface area contributed by atoms with Gasteiger partial charge in [0.15, 0.2) is 0 Å². The number of aromatic amines is 1. The SMILES string of the molecule is CC(C)CCn1c(=O)c2ccc(C(=O)NCC(C)C)cc2n2c(=O)[nH]nc12. The molecule has 0 aliphatic rings. The highest BCUT2D eigenvalue weighted by atomic mass is 16.2. The van der Waals surface area contributed by atoms with Crippen molar-refractivity contribution in [3.05, 3.63) is 44.6 Å². The molecule has 2 heterocycles. The van der Waals surface area contributed by atoms with Gasteiger partial charge in [0.1, 0.15) is 0 Å². The highest BCUT2D eigenvalue weighted by Crippen LogP contribution is 2.15. The number of hydrogen-bond donors (Lipinski definition) is 2. The molecule has 3 rings (SSSR count). The number of hydrogen-bond acceptors (Lipinski definition) is 4. The summed E-state index contributed by atoms with van der Waals surface area (Å²) in [6, 6.07) is 4.79. The quantitative estimate of drug-likeness (QED) is 0.689. The van der Waals surface area contributed by atoms with Gasteiger partial charge in [-0.2, -0.15) is 0 Å². The molecule has 1 aromatic carbocycles. The molecule has 0 atom stereocenters. The number of nitrogens with one attached hydrogen (secondary N) is 2. The summed E-state index contributed by atoms with van der Waals surface area (Å²) in [6.45, 7) is 9.18. The lowest BCUT2D eigenvalue weighted by molar-refractivity contribution is 0.0949. The number of aromatic nitrogens is 4. The van der Waals surface area contributed by atoms with Crippen molar-refractivity contribution < 1.29 is 4.79 Å². The summed E-state index contributed by atoms with van der Waals surface area (Å²) in [6.07, 6.45) is 0.789. The van der Waals surface area contributed by atoms with Crippen LogP contribution in [0.1, 0.15) is 44.5 Å². The van der Waals surface area contributed by atoms with E-state index in [1.54, 1.807) is 18.2 Å². The number of carbonyl (C=O) groups excluding carboxylic acids is 1. The van der Waals surface area contributed by atoms with Crippen molar-refractivity contribution in [1.29, 1.82) is 0 Å². The van der Waals surface area contributed by atoms with E-state index in [9.17, 15) is 14.4 Å². The van der Waals surface area contributed by atoms with Gasteiger partial charge in [-0.1, -0.05) is 27.7 Å². The predicted octanol–water partition coefficient (Wildman–Crippen LogP) is 1.77. The Hall–Kier alpha value is -2.90. The molecule has 1 amide bonds. The molecule has 0 spiro atoms. The molecule has 27 heavy (non-hydrogen) atoms. The van der Waals surface area contributed by atoms with Gasteiger partial charge in [-0.3, -0.25) is 14.2 Å². The minimum atomic E-state index is -0.437. The molecule has 0 unspecified atom stereocenters. The first kappa shape index (κ1) is 18.9. The van der Waals surface area contributed by atoms with Crippen LogP contribution < -0.4 is 16.6 Å². The van der Waals surface area contributed by atoms with E-state index < -0.39 is 5.69 Å². The Kier molecular flexibility index (Phi) is 5.16. The van der Waals surface area contributed by atoms with Gasteiger partial charge in [-0.25, -0.2) is 14.3 Å². The molecule has 0 radical (unpaired) electrons. The summed E-state index contributed by atoms with van der Waals surface area (Å²) < 4.78 is 2.87. The summed E-state index contributed by atoms with van der Waals surface area (Å²) in [5.74, 6) is 0.758. The molecule has 8 heteroatoms. The third-order valence-corrected chi connectivity index (χ3v) is 4.47. The maximum atomic E-state index is 13.0. The Bertz CT molecular complexity index is 1100. The topological polar surface area (TPSA) is 101 Å². The third kappa shape index (κ3) is 3.65. The maximum absolute atomic E-state index is 13.0. The van der Waals surface area contributed by atoms with E-state index in [1.807, 2.05) is 13.8 Å². The smallest absolute Gasteiger partial charge is 0.349 e. The zero-order valence-electron chi connectivity index (χ0n) is 16.1. The molecule has 0 aliphatic heterocycles. The van der Waals surface area contributed by atoms with Gasteiger partial charge < -0.3 is 5.32 Å². The van der Waals surface area contributed by atoms with Crippen LogP contribution in [-0.4, -0.2) is 31.6 Å². The van der Waals surface area contributed by atoms with Crippen molar-refractivity contribution in [2.45, 2.75) is 40.7 Å². The molecule has 3 aromatic rings. The monoisotopic (exact) mass is 371 g/mol. The van der Waals surface area contributed by atoms with Crippen molar-refractivity contribution in [3.63, 3.8) is 0 Å². The number of H-pyrrole nitrogens is 1. The average Bonchev–Trinajstić information content (AvgIpc) is 3.00. The van der Waals surface area contributed by atoms with E-state index in [2.05, 4.69) is 29.4 Å². The maximum Gasteiger partial charge on any atom is 0.349 e. The Labute approximate surface area is 156 Å². The molecule has 0 saturated carbocycles. The number of carbonyl (C=O) groups is 1. The van der Waals surface area contributed by atoms with Gasteiger partial charge in [0.2, 0.25) is 5.78 Å². The normalized spacial score (nSPS) is 11.8. The molecular weight excluding hydrogens is 346 g/mol. The van der Waals surface area contributed by atoms with Gasteiger partial charge >= 0.3 is 5.69 Å². The molecule has 0 aliphatic carbocycles. The van der Waals surface area contributed by atoms with Crippen LogP contribution in [0.3, 0.4) is 0 Å². The zero-order chi connectivity index (χ0) is 19.7. The van der Waals surface area contributed by atoms with Gasteiger partial charge in [0.25, 0.3) is 11.5 Å². The number of rotatable bonds is 6. The fourth-order valence-corrected chi connectivity index (χ4v) is 2.95. The molecule has 2 aromatic heterocycles. The lowest BCUT2D eigenvalue weighted by atomic mass is 10.1. The summed E-state index contributed by atoms with van der Waals surface area (Å²) in [5, 5.41) is 9.67. The van der Waals surface area contributed by atoms with Gasteiger partial charge in [-0.15, -0.1) is 5.10 Å². The largest absolute Gasteiger partial charge is 0.352 e. The number of fused-ring (bicyclic) bond motifs is 3. The van der Waals surface area contributed by atoms with Gasteiger partial charge in [0.05, 0.1) is 10.9 Å². The second-order valence-corrected chi connectivity index (χ2v) is 7.64. The second-order valence-electron chi connectivity index (χ2n) is 7.64. The van der Waals surface area contributed by atoms with Crippen LogP contribution in [0.25, 0.3) is 16.7 Å². The molecule has 8 nitrogen and oxygen atoms in total. The number of benzene rings is 1. The summed E-state index contributed by atoms with van der Waals surface area (Å²) >= 11 is 0. The second kappa shape index (κ2) is 7.38. The average molecular weight is 371 g/mol. The van der Waals surface area contributed by atoms with Crippen molar-refractivity contribution in [1.82, 2.24) is 24.5 Å². The van der Waals surface area contributed by atoms with Gasteiger partial charge in [-0.05, 0) is 36.5 Å². The van der Waals surface area contributed by atoms with Crippen LogP contribution in [0.5, 0.6) is 0 Å². The van der Waals surface area contributed by atoms with Crippen LogP contribution in [-0.2, 0) is 6.54 Å². The fourth-order valence-electron chi connectivity index (χ4n) is 2.95. The minimum absolute atomic E-state index is 0.216. The number of nitrogens with zero attached hydrogens (tertiary/aromatic N) is 3. The van der Waals surface area contributed by atoms with E-state index in [1.165, 1.54) is 8.97 Å². The van der Waals surface area contributed by atoms with Crippen LogP contribution in [0, 0.1) is 11.8 Å². The first-order chi connectivity index (χ1) is 12.8. The summed E-state index contributed by atoms with van der Waals surface area (Å²) in [5.41, 5.74) is 0.128. The number of aryl methyl sites for hydroxylation is 1. The standard InChI is InChI=1S/C19H25N5O3/c1-11(2)7-8-23-17(26)14-6-5-13(16(25)20-10-12(3)4)9-15(14)24-18(23)21-22-19(24)27/h5-6,9,11-12H,7-8,10H2,1-4H3,(H,20,25)(H,22,27). The number of amides is 1. The van der Waals surface area contributed by atoms with Gasteiger partial charge in [0, 0.05) is 18.7 Å². The third-order valence-electron chi connectivity index (χ3n) is 4.47. The molecule has 0 fully saturated rings. The lowest BCUT2D eigenvalue weighted by Crippen LogP contribution is -2.28. The molecular formula is C19H25N5O3. The van der Waals surface area contributed by atoms with Crippen LogP contribution in [0.4, 0.5) is 0 Å². The van der Waals surface area contributed by atoms with E-state index >= 15 is 0 Å². The Morgan fingerprint density at radius 1 is 1.19 bits per heavy atom. The summed E-state index contributed by atoms with van der Waals surface area (Å²) in [4.78, 5) is 37.6. The zero-order valence-corrected chi connectivity index (χ0v) is 16.1. The Morgan fingerprint density at radius 3 is 2.59 bits per heavy atom. The fraction of sp³-hybridized carbons (Fsp3) is 0.474. The van der Waals surface area contributed by atoms with Crippen molar-refractivity contribution >= 4 is 22.6 Å². The van der Waals surface area contributed by atoms with Crippen LogP contribution >= 0.6 is 0 Å². The van der Waals surface area contributed by atoms with Crippen molar-refractivity contribution in [2.24, 2.45) is 11.8 Å². The van der Waals surface area contributed by atoms with E-state index in [0.29, 0.717) is 41.4 Å². The molecule has 144 valence electrons. The lowest BCUT2D eigenvalue weighted by Gasteiger charge is -2.12. The minimum Gasteiger partial charge on any atom is -0.352 e. The first-order valence-corrected chi connectivity index (χ1v) is 9.21. The highest BCUT2D eigenvalue weighted by molar-refractivity contribution is 5.98. The highest BCUT2D eigenvalue weighted by Gasteiger charge is 2.17. The van der Waals surface area contributed by atoms with Crippen molar-refractivity contribution in [2.75, 3.05) is 6.54 Å². The summed E-state index contributed by atoms with van der Waals surface area (Å²) in [7, 11) is 0. The van der Waals surface area contributed by atoms with Crippen LogP contribution in [0.15, 0.2) is 27.8 Å².